The Morgan fingerprint density at radius 1 is 1.31 bits per heavy atom. The van der Waals surface area contributed by atoms with Gasteiger partial charge in [-0.2, -0.15) is 0 Å². The van der Waals surface area contributed by atoms with Gasteiger partial charge in [0.15, 0.2) is 0 Å². The van der Waals surface area contributed by atoms with Crippen LogP contribution in [0.25, 0.3) is 5.57 Å². The van der Waals surface area contributed by atoms with Crippen molar-refractivity contribution in [2.75, 3.05) is 0 Å². The Labute approximate surface area is 98.4 Å². The van der Waals surface area contributed by atoms with Gasteiger partial charge < -0.3 is 5.73 Å². The van der Waals surface area contributed by atoms with Gasteiger partial charge in [0.2, 0.25) is 0 Å². The lowest BCUT2D eigenvalue weighted by Gasteiger charge is -2.33. The summed E-state index contributed by atoms with van der Waals surface area (Å²) < 4.78 is 0. The van der Waals surface area contributed by atoms with E-state index in [1.807, 2.05) is 0 Å². The smallest absolute Gasteiger partial charge is 0.0234 e. The molecule has 1 unspecified atom stereocenters. The van der Waals surface area contributed by atoms with Crippen molar-refractivity contribution in [3.8, 4) is 0 Å². The lowest BCUT2D eigenvalue weighted by molar-refractivity contribution is 0.319. The summed E-state index contributed by atoms with van der Waals surface area (Å²) in [7, 11) is 0. The van der Waals surface area contributed by atoms with Crippen molar-refractivity contribution >= 4 is 5.57 Å². The van der Waals surface area contributed by atoms with Crippen LogP contribution >= 0.6 is 0 Å². The molecule has 1 aromatic rings. The minimum atomic E-state index is 0.208. The summed E-state index contributed by atoms with van der Waals surface area (Å²) in [6, 6.07) is 8.91. The molecule has 0 radical (unpaired) electrons. The molecule has 1 heteroatoms. The highest BCUT2D eigenvalue weighted by Crippen LogP contribution is 2.38. The Morgan fingerprint density at radius 3 is 2.69 bits per heavy atom. The Morgan fingerprint density at radius 2 is 2.06 bits per heavy atom. The quantitative estimate of drug-likeness (QED) is 0.762. The maximum absolute atomic E-state index is 6.10. The Bertz CT molecular complexity index is 415. The molecule has 0 aliphatic heterocycles. The third-order valence-electron chi connectivity index (χ3n) is 3.26. The minimum Gasteiger partial charge on any atom is -0.324 e. The largest absolute Gasteiger partial charge is 0.324 e. The predicted molar refractivity (Wildman–Crippen MR) is 70.1 cm³/mol. The molecule has 0 aromatic heterocycles. The zero-order chi connectivity index (χ0) is 11.8. The molecule has 0 saturated carbocycles. The van der Waals surface area contributed by atoms with Gasteiger partial charge in [-0.1, -0.05) is 49.8 Å². The molecule has 2 N–H and O–H groups in total. The summed E-state index contributed by atoms with van der Waals surface area (Å²) in [5.74, 6) is 0. The number of aryl methyl sites for hydroxylation is 1. The standard InChI is InChI=1S/C15H21N/c1-11-5-4-6-12(7-11)13-8-14(16)10-15(2,3)9-13/h4-8,14H,9-10,16H2,1-3H3. The van der Waals surface area contributed by atoms with Crippen LogP contribution in [0.3, 0.4) is 0 Å². The van der Waals surface area contributed by atoms with E-state index < -0.39 is 0 Å². The van der Waals surface area contributed by atoms with Crippen molar-refractivity contribution in [1.29, 1.82) is 0 Å². The predicted octanol–water partition coefficient (Wildman–Crippen LogP) is 3.53. The highest BCUT2D eigenvalue weighted by Gasteiger charge is 2.27. The van der Waals surface area contributed by atoms with Crippen LogP contribution in [0, 0.1) is 12.3 Å². The van der Waals surface area contributed by atoms with E-state index in [1.165, 1.54) is 16.7 Å². The zero-order valence-corrected chi connectivity index (χ0v) is 10.5. The van der Waals surface area contributed by atoms with Gasteiger partial charge in [0.25, 0.3) is 0 Å². The number of rotatable bonds is 1. The van der Waals surface area contributed by atoms with Gasteiger partial charge in [-0.3, -0.25) is 0 Å². The van der Waals surface area contributed by atoms with Crippen LogP contribution in [0.4, 0.5) is 0 Å². The van der Waals surface area contributed by atoms with Gasteiger partial charge in [-0.05, 0) is 36.3 Å². The van der Waals surface area contributed by atoms with E-state index in [0.717, 1.165) is 12.8 Å². The summed E-state index contributed by atoms with van der Waals surface area (Å²) in [6.45, 7) is 6.74. The van der Waals surface area contributed by atoms with E-state index >= 15 is 0 Å². The molecule has 0 heterocycles. The molecule has 0 bridgehead atoms. The van der Waals surface area contributed by atoms with Gasteiger partial charge in [-0.15, -0.1) is 0 Å². The third kappa shape index (κ3) is 2.53. The van der Waals surface area contributed by atoms with Gasteiger partial charge in [0, 0.05) is 6.04 Å². The first-order valence-corrected chi connectivity index (χ1v) is 6.00. The average molecular weight is 215 g/mol. The van der Waals surface area contributed by atoms with Crippen molar-refractivity contribution in [3.05, 3.63) is 41.5 Å². The first-order chi connectivity index (χ1) is 7.46. The molecular weight excluding hydrogens is 194 g/mol. The van der Waals surface area contributed by atoms with Crippen LogP contribution in [0.5, 0.6) is 0 Å². The van der Waals surface area contributed by atoms with Crippen molar-refractivity contribution in [1.82, 2.24) is 0 Å². The number of benzene rings is 1. The molecule has 1 aromatic carbocycles. The lowest BCUT2D eigenvalue weighted by atomic mass is 9.74. The maximum Gasteiger partial charge on any atom is 0.0234 e. The second kappa shape index (κ2) is 4.06. The Hall–Kier alpha value is -1.08. The molecule has 1 nitrogen and oxygen atoms in total. The molecule has 0 fully saturated rings. The summed E-state index contributed by atoms with van der Waals surface area (Å²) in [5.41, 5.74) is 10.5. The van der Waals surface area contributed by atoms with Gasteiger partial charge in [0.05, 0.1) is 0 Å². The maximum atomic E-state index is 6.10. The SMILES string of the molecule is Cc1cccc(C2=CC(N)CC(C)(C)C2)c1. The first kappa shape index (κ1) is 11.4. The van der Waals surface area contributed by atoms with E-state index in [2.05, 4.69) is 51.1 Å². The fraction of sp³-hybridized carbons (Fsp3) is 0.467. The van der Waals surface area contributed by atoms with Crippen LogP contribution in [-0.2, 0) is 0 Å². The van der Waals surface area contributed by atoms with Crippen LogP contribution in [0.15, 0.2) is 30.3 Å². The van der Waals surface area contributed by atoms with E-state index in [1.54, 1.807) is 0 Å². The summed E-state index contributed by atoms with van der Waals surface area (Å²) in [4.78, 5) is 0. The molecule has 2 rings (SSSR count). The second-order valence-corrected chi connectivity index (χ2v) is 5.77. The van der Waals surface area contributed by atoms with Gasteiger partial charge in [-0.25, -0.2) is 0 Å². The fourth-order valence-electron chi connectivity index (χ4n) is 2.65. The van der Waals surface area contributed by atoms with Crippen LogP contribution in [0.1, 0.15) is 37.8 Å². The first-order valence-electron chi connectivity index (χ1n) is 6.00. The number of allylic oxidation sites excluding steroid dienone is 1. The fourth-order valence-corrected chi connectivity index (χ4v) is 2.65. The van der Waals surface area contributed by atoms with E-state index in [4.69, 9.17) is 5.73 Å². The van der Waals surface area contributed by atoms with E-state index in [-0.39, 0.29) is 6.04 Å². The van der Waals surface area contributed by atoms with Crippen molar-refractivity contribution < 1.29 is 0 Å². The van der Waals surface area contributed by atoms with Gasteiger partial charge >= 0.3 is 0 Å². The van der Waals surface area contributed by atoms with Gasteiger partial charge in [0.1, 0.15) is 0 Å². The Balaban J connectivity index is 2.34. The normalized spacial score (nSPS) is 24.0. The minimum absolute atomic E-state index is 0.208. The highest BCUT2D eigenvalue weighted by atomic mass is 14.6. The monoisotopic (exact) mass is 215 g/mol. The van der Waals surface area contributed by atoms with Crippen molar-refractivity contribution in [3.63, 3.8) is 0 Å². The molecule has 0 amide bonds. The van der Waals surface area contributed by atoms with Crippen LogP contribution in [-0.4, -0.2) is 6.04 Å². The topological polar surface area (TPSA) is 26.0 Å². The van der Waals surface area contributed by atoms with E-state index in [9.17, 15) is 0 Å². The molecule has 1 aliphatic carbocycles. The highest BCUT2D eigenvalue weighted by molar-refractivity contribution is 5.68. The van der Waals surface area contributed by atoms with Crippen LogP contribution < -0.4 is 5.73 Å². The molecular formula is C15H21N. The third-order valence-corrected chi connectivity index (χ3v) is 3.26. The summed E-state index contributed by atoms with van der Waals surface area (Å²) >= 11 is 0. The van der Waals surface area contributed by atoms with Crippen molar-refractivity contribution in [2.45, 2.75) is 39.7 Å². The molecule has 1 atom stereocenters. The van der Waals surface area contributed by atoms with Crippen LogP contribution in [0.2, 0.25) is 0 Å². The number of hydrogen-bond acceptors (Lipinski definition) is 1. The van der Waals surface area contributed by atoms with Crippen molar-refractivity contribution in [2.24, 2.45) is 11.1 Å². The lowest BCUT2D eigenvalue weighted by Crippen LogP contribution is -2.30. The zero-order valence-electron chi connectivity index (χ0n) is 10.5. The molecule has 0 saturated heterocycles. The molecule has 16 heavy (non-hydrogen) atoms. The average Bonchev–Trinajstić information content (AvgIpc) is 2.14. The molecule has 86 valence electrons. The molecule has 0 spiro atoms. The number of hydrogen-bond donors (Lipinski definition) is 1. The Kier molecular flexibility index (Phi) is 2.90. The van der Waals surface area contributed by atoms with E-state index in [0.29, 0.717) is 5.41 Å². The summed E-state index contributed by atoms with van der Waals surface area (Å²) in [5, 5.41) is 0. The summed E-state index contributed by atoms with van der Waals surface area (Å²) in [6.07, 6.45) is 4.45. The molecule has 1 aliphatic rings. The second-order valence-electron chi connectivity index (χ2n) is 5.77. The number of nitrogens with two attached hydrogens (primary N) is 1.